The third-order valence-electron chi connectivity index (χ3n) is 3.38. The third kappa shape index (κ3) is 2.61. The second-order valence-corrected chi connectivity index (χ2v) is 4.66. The maximum Gasteiger partial charge on any atom is 0.256 e. The molecule has 0 bridgehead atoms. The van der Waals surface area contributed by atoms with E-state index in [0.717, 1.165) is 18.9 Å². The van der Waals surface area contributed by atoms with Gasteiger partial charge in [-0.3, -0.25) is 4.79 Å². The lowest BCUT2D eigenvalue weighted by Crippen LogP contribution is -2.39. The molecule has 0 unspecified atom stereocenters. The van der Waals surface area contributed by atoms with Gasteiger partial charge in [0.25, 0.3) is 5.91 Å². The minimum atomic E-state index is -0.579. The Hall–Kier alpha value is -1.62. The first-order valence-electron chi connectivity index (χ1n) is 6.07. The molecule has 1 amide bonds. The monoisotopic (exact) mass is 252 g/mol. The quantitative estimate of drug-likeness (QED) is 0.778. The van der Waals surface area contributed by atoms with Crippen molar-refractivity contribution >= 4 is 11.6 Å². The summed E-state index contributed by atoms with van der Waals surface area (Å²) in [5.74, 6) is -0.626. The predicted octanol–water partition coefficient (Wildman–Crippen LogP) is 1.25. The van der Waals surface area contributed by atoms with Gasteiger partial charge in [-0.2, -0.15) is 0 Å². The van der Waals surface area contributed by atoms with Gasteiger partial charge in [0.15, 0.2) is 0 Å². The summed E-state index contributed by atoms with van der Waals surface area (Å²) in [4.78, 5) is 13.7. The normalized spacial score (nSPS) is 16.9. The molecule has 0 atom stereocenters. The first kappa shape index (κ1) is 12.8. The van der Waals surface area contributed by atoms with Gasteiger partial charge < -0.3 is 15.7 Å². The van der Waals surface area contributed by atoms with Crippen LogP contribution in [0.2, 0.25) is 0 Å². The number of nitrogens with two attached hydrogens (primary N) is 1. The van der Waals surface area contributed by atoms with Crippen molar-refractivity contribution < 1.29 is 14.3 Å². The lowest BCUT2D eigenvalue weighted by molar-refractivity contribution is 0.0646. The molecular weight excluding hydrogens is 235 g/mol. The predicted molar refractivity (Wildman–Crippen MR) is 66.5 cm³/mol. The Morgan fingerprint density at radius 2 is 2.11 bits per heavy atom. The van der Waals surface area contributed by atoms with Crippen LogP contribution in [0.25, 0.3) is 0 Å². The van der Waals surface area contributed by atoms with Gasteiger partial charge in [-0.15, -0.1) is 0 Å². The molecule has 0 saturated carbocycles. The highest BCUT2D eigenvalue weighted by molar-refractivity contribution is 5.94. The summed E-state index contributed by atoms with van der Waals surface area (Å²) < 4.78 is 13.6. The molecule has 5 heteroatoms. The van der Waals surface area contributed by atoms with E-state index in [0.29, 0.717) is 18.8 Å². The number of benzene rings is 1. The summed E-state index contributed by atoms with van der Waals surface area (Å²) in [5, 5.41) is 9.03. The molecule has 1 aromatic carbocycles. The Labute approximate surface area is 105 Å². The largest absolute Gasteiger partial charge is 0.399 e. The van der Waals surface area contributed by atoms with Gasteiger partial charge in [0, 0.05) is 25.4 Å². The van der Waals surface area contributed by atoms with Gasteiger partial charge in [-0.25, -0.2) is 4.39 Å². The number of hydrogen-bond acceptors (Lipinski definition) is 3. The van der Waals surface area contributed by atoms with Crippen molar-refractivity contribution in [2.75, 3.05) is 25.4 Å². The molecule has 1 aliphatic rings. The van der Waals surface area contributed by atoms with Crippen LogP contribution in [0, 0.1) is 11.7 Å². The number of aliphatic hydroxyl groups excluding tert-OH is 1. The molecular formula is C13H17FN2O2. The van der Waals surface area contributed by atoms with Gasteiger partial charge >= 0.3 is 0 Å². The zero-order valence-electron chi connectivity index (χ0n) is 10.1. The Bertz CT molecular complexity index is 443. The van der Waals surface area contributed by atoms with Crippen molar-refractivity contribution in [2.24, 2.45) is 5.92 Å². The summed E-state index contributed by atoms with van der Waals surface area (Å²) >= 11 is 0. The van der Waals surface area contributed by atoms with Crippen molar-refractivity contribution in [2.45, 2.75) is 12.8 Å². The van der Waals surface area contributed by atoms with E-state index >= 15 is 0 Å². The number of likely N-dealkylation sites (tertiary alicyclic amines) is 1. The molecule has 3 N–H and O–H groups in total. The number of carbonyl (C=O) groups excluding carboxylic acids is 1. The first-order valence-corrected chi connectivity index (χ1v) is 6.07. The van der Waals surface area contributed by atoms with Crippen molar-refractivity contribution in [3.63, 3.8) is 0 Å². The Morgan fingerprint density at radius 1 is 1.44 bits per heavy atom. The average Bonchev–Trinajstić information content (AvgIpc) is 2.38. The van der Waals surface area contributed by atoms with E-state index in [1.165, 1.54) is 12.1 Å². The van der Waals surface area contributed by atoms with Crippen LogP contribution in [-0.2, 0) is 0 Å². The number of hydrogen-bond donors (Lipinski definition) is 2. The van der Waals surface area contributed by atoms with Crippen molar-refractivity contribution in [3.8, 4) is 0 Å². The highest BCUT2D eigenvalue weighted by Crippen LogP contribution is 2.20. The van der Waals surface area contributed by atoms with Crippen LogP contribution >= 0.6 is 0 Å². The van der Waals surface area contributed by atoms with Crippen molar-refractivity contribution in [1.82, 2.24) is 4.90 Å². The zero-order chi connectivity index (χ0) is 13.1. The van der Waals surface area contributed by atoms with Crippen LogP contribution in [0.4, 0.5) is 10.1 Å². The van der Waals surface area contributed by atoms with Crippen LogP contribution in [0.15, 0.2) is 18.2 Å². The van der Waals surface area contributed by atoms with E-state index in [1.54, 1.807) is 4.90 Å². The number of rotatable bonds is 2. The lowest BCUT2D eigenvalue weighted by atomic mass is 9.97. The highest BCUT2D eigenvalue weighted by atomic mass is 19.1. The second-order valence-electron chi connectivity index (χ2n) is 4.66. The Morgan fingerprint density at radius 3 is 2.67 bits per heavy atom. The first-order chi connectivity index (χ1) is 8.61. The van der Waals surface area contributed by atoms with Gasteiger partial charge in [-0.05, 0) is 37.0 Å². The number of aliphatic hydroxyl groups is 1. The SMILES string of the molecule is Nc1ccc(C(=O)N2CCC(CO)CC2)c(F)c1. The molecule has 1 aliphatic heterocycles. The summed E-state index contributed by atoms with van der Waals surface area (Å²) in [6, 6.07) is 4.11. The molecule has 4 nitrogen and oxygen atoms in total. The summed E-state index contributed by atoms with van der Waals surface area (Å²) in [6.45, 7) is 1.28. The lowest BCUT2D eigenvalue weighted by Gasteiger charge is -2.31. The molecule has 0 spiro atoms. The van der Waals surface area contributed by atoms with Crippen LogP contribution in [0.1, 0.15) is 23.2 Å². The average molecular weight is 252 g/mol. The number of carbonyl (C=O) groups is 1. The molecule has 2 rings (SSSR count). The summed E-state index contributed by atoms with van der Waals surface area (Å²) in [5.41, 5.74) is 5.82. The molecule has 18 heavy (non-hydrogen) atoms. The van der Waals surface area contributed by atoms with Crippen molar-refractivity contribution in [3.05, 3.63) is 29.6 Å². The van der Waals surface area contributed by atoms with Crippen molar-refractivity contribution in [1.29, 1.82) is 0 Å². The smallest absolute Gasteiger partial charge is 0.256 e. The van der Waals surface area contributed by atoms with Gasteiger partial charge in [-0.1, -0.05) is 0 Å². The molecule has 1 saturated heterocycles. The van der Waals surface area contributed by atoms with Crippen LogP contribution < -0.4 is 5.73 Å². The van der Waals surface area contributed by atoms with E-state index in [-0.39, 0.29) is 24.0 Å². The number of halogens is 1. The summed E-state index contributed by atoms with van der Waals surface area (Å²) in [6.07, 6.45) is 1.53. The summed E-state index contributed by atoms with van der Waals surface area (Å²) in [7, 11) is 0. The second kappa shape index (κ2) is 5.35. The van der Waals surface area contributed by atoms with Crippen LogP contribution in [0.5, 0.6) is 0 Å². The number of amides is 1. The minimum absolute atomic E-state index is 0.0617. The fourth-order valence-electron chi connectivity index (χ4n) is 2.19. The molecule has 0 aliphatic carbocycles. The number of nitrogens with zero attached hydrogens (tertiary/aromatic N) is 1. The van der Waals surface area contributed by atoms with Gasteiger partial charge in [0.1, 0.15) is 5.82 Å². The molecule has 1 heterocycles. The maximum atomic E-state index is 13.6. The standard InChI is InChI=1S/C13H17FN2O2/c14-12-7-10(15)1-2-11(12)13(18)16-5-3-9(8-17)4-6-16/h1-2,7,9,17H,3-6,8,15H2. The molecule has 0 aromatic heterocycles. The zero-order valence-corrected chi connectivity index (χ0v) is 10.1. The van der Waals surface area contributed by atoms with E-state index in [4.69, 9.17) is 10.8 Å². The molecule has 1 aromatic rings. The Kier molecular flexibility index (Phi) is 3.81. The van der Waals surface area contributed by atoms with Crippen LogP contribution in [-0.4, -0.2) is 35.6 Å². The van der Waals surface area contributed by atoms with E-state index < -0.39 is 5.82 Å². The Balaban J connectivity index is 2.08. The number of piperidine rings is 1. The number of nitrogen functional groups attached to an aromatic ring is 1. The van der Waals surface area contributed by atoms with E-state index in [1.807, 2.05) is 0 Å². The third-order valence-corrected chi connectivity index (χ3v) is 3.38. The van der Waals surface area contributed by atoms with E-state index in [9.17, 15) is 9.18 Å². The molecule has 1 fully saturated rings. The highest BCUT2D eigenvalue weighted by Gasteiger charge is 2.24. The molecule has 0 radical (unpaired) electrons. The number of anilines is 1. The molecule has 98 valence electrons. The fourth-order valence-corrected chi connectivity index (χ4v) is 2.19. The van der Waals surface area contributed by atoms with Gasteiger partial charge in [0.05, 0.1) is 5.56 Å². The topological polar surface area (TPSA) is 66.6 Å². The minimum Gasteiger partial charge on any atom is -0.399 e. The van der Waals surface area contributed by atoms with E-state index in [2.05, 4.69) is 0 Å². The maximum absolute atomic E-state index is 13.6. The fraction of sp³-hybridized carbons (Fsp3) is 0.462. The van der Waals surface area contributed by atoms with Gasteiger partial charge in [0.2, 0.25) is 0 Å². The van der Waals surface area contributed by atoms with Crippen LogP contribution in [0.3, 0.4) is 0 Å².